The number of hydrogen-bond acceptors (Lipinski definition) is 4. The molecule has 1 amide bonds. The number of benzene rings is 1. The first-order valence-electron chi connectivity index (χ1n) is 6.92. The van der Waals surface area contributed by atoms with E-state index in [9.17, 15) is 4.79 Å². The minimum atomic E-state index is -0.0722. The molecule has 2 rings (SSSR count). The van der Waals surface area contributed by atoms with Crippen LogP contribution in [0.15, 0.2) is 24.3 Å². The van der Waals surface area contributed by atoms with Gasteiger partial charge in [-0.25, -0.2) is 0 Å². The van der Waals surface area contributed by atoms with Gasteiger partial charge in [-0.1, -0.05) is 6.07 Å². The van der Waals surface area contributed by atoms with Gasteiger partial charge < -0.3 is 20.1 Å². The van der Waals surface area contributed by atoms with Gasteiger partial charge >= 0.3 is 0 Å². The highest BCUT2D eigenvalue weighted by Gasteiger charge is 2.42. The van der Waals surface area contributed by atoms with Gasteiger partial charge in [-0.15, -0.1) is 0 Å². The van der Waals surface area contributed by atoms with Crippen LogP contribution in [0.5, 0.6) is 0 Å². The molecule has 0 aromatic heterocycles. The van der Waals surface area contributed by atoms with Crippen LogP contribution in [0.4, 0.5) is 11.4 Å². The van der Waals surface area contributed by atoms with Gasteiger partial charge in [0.15, 0.2) is 0 Å². The number of hydrogen-bond donors (Lipinski definition) is 2. The van der Waals surface area contributed by atoms with Gasteiger partial charge in [0.1, 0.15) is 6.10 Å². The van der Waals surface area contributed by atoms with Gasteiger partial charge in [0.25, 0.3) is 0 Å². The Morgan fingerprint density at radius 3 is 2.80 bits per heavy atom. The minimum absolute atomic E-state index is 0.0689. The highest BCUT2D eigenvalue weighted by atomic mass is 16.5. The predicted octanol–water partition coefficient (Wildman–Crippen LogP) is 2.25. The van der Waals surface area contributed by atoms with E-state index in [0.717, 1.165) is 17.8 Å². The van der Waals surface area contributed by atoms with Crippen LogP contribution >= 0.6 is 0 Å². The predicted molar refractivity (Wildman–Crippen MR) is 79.0 cm³/mol. The van der Waals surface area contributed by atoms with E-state index >= 15 is 0 Å². The lowest BCUT2D eigenvalue weighted by atomic mass is 9.85. The van der Waals surface area contributed by atoms with Gasteiger partial charge in [0.05, 0.1) is 12.1 Å². The Kier molecular flexibility index (Phi) is 4.98. The second-order valence-electron chi connectivity index (χ2n) is 4.94. The van der Waals surface area contributed by atoms with Crippen LogP contribution in [0.2, 0.25) is 0 Å². The van der Waals surface area contributed by atoms with Crippen LogP contribution in [0.1, 0.15) is 20.3 Å². The monoisotopic (exact) mass is 278 g/mol. The number of anilines is 2. The lowest BCUT2D eigenvalue weighted by Crippen LogP contribution is -2.56. The molecule has 20 heavy (non-hydrogen) atoms. The summed E-state index contributed by atoms with van der Waals surface area (Å²) < 4.78 is 11.1. The van der Waals surface area contributed by atoms with Crippen molar-refractivity contribution >= 4 is 17.3 Å². The van der Waals surface area contributed by atoms with Crippen molar-refractivity contribution in [2.45, 2.75) is 38.5 Å². The third-order valence-corrected chi connectivity index (χ3v) is 3.44. The third kappa shape index (κ3) is 3.49. The molecule has 0 aliphatic heterocycles. The fourth-order valence-electron chi connectivity index (χ4n) is 2.52. The quantitative estimate of drug-likeness (QED) is 0.838. The average molecular weight is 278 g/mol. The Balaban J connectivity index is 1.95. The first-order valence-corrected chi connectivity index (χ1v) is 6.92. The summed E-state index contributed by atoms with van der Waals surface area (Å²) in [6, 6.07) is 7.91. The van der Waals surface area contributed by atoms with Crippen LogP contribution in [0, 0.1) is 0 Å². The highest BCUT2D eigenvalue weighted by molar-refractivity contribution is 5.89. The van der Waals surface area contributed by atoms with Gasteiger partial charge in [-0.05, 0) is 31.5 Å². The molecule has 1 aromatic carbocycles. The topological polar surface area (TPSA) is 59.6 Å². The summed E-state index contributed by atoms with van der Waals surface area (Å²) in [6.45, 7) is 4.19. The van der Waals surface area contributed by atoms with Gasteiger partial charge in [-0.2, -0.15) is 0 Å². The van der Waals surface area contributed by atoms with Crippen LogP contribution in [-0.2, 0) is 14.3 Å². The smallest absolute Gasteiger partial charge is 0.221 e. The summed E-state index contributed by atoms with van der Waals surface area (Å²) in [5.41, 5.74) is 1.76. The molecule has 2 N–H and O–H groups in total. The average Bonchev–Trinajstić information content (AvgIpc) is 2.37. The number of rotatable bonds is 6. The molecule has 5 nitrogen and oxygen atoms in total. The van der Waals surface area contributed by atoms with E-state index in [2.05, 4.69) is 10.6 Å². The summed E-state index contributed by atoms with van der Waals surface area (Å²) in [5.74, 6) is -0.0722. The highest BCUT2D eigenvalue weighted by Crippen LogP contribution is 2.30. The summed E-state index contributed by atoms with van der Waals surface area (Å²) in [6.07, 6.45) is 1.16. The Morgan fingerprint density at radius 2 is 2.15 bits per heavy atom. The molecule has 3 unspecified atom stereocenters. The Bertz CT molecular complexity index is 464. The van der Waals surface area contributed by atoms with Gasteiger partial charge in [0, 0.05) is 32.0 Å². The van der Waals surface area contributed by atoms with E-state index in [0.29, 0.717) is 6.61 Å². The van der Waals surface area contributed by atoms with Gasteiger partial charge in [-0.3, -0.25) is 4.79 Å². The maximum Gasteiger partial charge on any atom is 0.221 e. The molecule has 1 fully saturated rings. The molecular formula is C15H22N2O3. The Morgan fingerprint density at radius 1 is 1.40 bits per heavy atom. The third-order valence-electron chi connectivity index (χ3n) is 3.44. The van der Waals surface area contributed by atoms with Crippen LogP contribution in [-0.4, -0.2) is 37.9 Å². The minimum Gasteiger partial charge on any atom is -0.379 e. The SMILES string of the molecule is CCOC1CC(Nc2cccc(NC(C)=O)c2)C1OC. The van der Waals surface area contributed by atoms with E-state index in [1.54, 1.807) is 7.11 Å². The molecule has 5 heteroatoms. The van der Waals surface area contributed by atoms with E-state index in [1.807, 2.05) is 31.2 Å². The molecule has 0 spiro atoms. The van der Waals surface area contributed by atoms with Crippen molar-refractivity contribution in [2.24, 2.45) is 0 Å². The van der Waals surface area contributed by atoms with Crippen LogP contribution in [0.3, 0.4) is 0 Å². The number of carbonyl (C=O) groups excluding carboxylic acids is 1. The van der Waals surface area contributed by atoms with Crippen molar-refractivity contribution in [3.8, 4) is 0 Å². The molecule has 1 aliphatic rings. The molecule has 0 radical (unpaired) electrons. The zero-order valence-electron chi connectivity index (χ0n) is 12.2. The van der Waals surface area contributed by atoms with E-state index in [-0.39, 0.29) is 24.2 Å². The number of amides is 1. The molecule has 1 aliphatic carbocycles. The van der Waals surface area contributed by atoms with Crippen molar-refractivity contribution in [1.29, 1.82) is 0 Å². The maximum absolute atomic E-state index is 11.1. The molecule has 3 atom stereocenters. The van der Waals surface area contributed by atoms with Crippen LogP contribution in [0.25, 0.3) is 0 Å². The van der Waals surface area contributed by atoms with E-state index in [4.69, 9.17) is 9.47 Å². The summed E-state index contributed by atoms with van der Waals surface area (Å²) >= 11 is 0. The zero-order valence-corrected chi connectivity index (χ0v) is 12.2. The number of ether oxygens (including phenoxy) is 2. The number of methoxy groups -OCH3 is 1. The fourth-order valence-corrected chi connectivity index (χ4v) is 2.52. The molecule has 1 saturated carbocycles. The van der Waals surface area contributed by atoms with E-state index in [1.165, 1.54) is 6.92 Å². The lowest BCUT2D eigenvalue weighted by Gasteiger charge is -2.43. The molecule has 0 bridgehead atoms. The second-order valence-corrected chi connectivity index (χ2v) is 4.94. The summed E-state index contributed by atoms with van der Waals surface area (Å²) in [7, 11) is 1.71. The molecule has 0 saturated heterocycles. The molecular weight excluding hydrogens is 256 g/mol. The van der Waals surface area contributed by atoms with E-state index < -0.39 is 0 Å². The Labute approximate surface area is 119 Å². The van der Waals surface area contributed by atoms with Gasteiger partial charge in [0.2, 0.25) is 5.91 Å². The number of carbonyl (C=O) groups is 1. The first-order chi connectivity index (χ1) is 9.63. The van der Waals surface area contributed by atoms with Crippen molar-refractivity contribution < 1.29 is 14.3 Å². The fraction of sp³-hybridized carbons (Fsp3) is 0.533. The van der Waals surface area contributed by atoms with Crippen molar-refractivity contribution in [1.82, 2.24) is 0 Å². The molecule has 0 heterocycles. The zero-order chi connectivity index (χ0) is 14.5. The van der Waals surface area contributed by atoms with Crippen molar-refractivity contribution in [3.05, 3.63) is 24.3 Å². The standard InChI is InChI=1S/C15H22N2O3/c1-4-20-14-9-13(15(14)19-3)17-12-7-5-6-11(8-12)16-10(2)18/h5-8,13-15,17H,4,9H2,1-3H3,(H,16,18). The van der Waals surface area contributed by atoms with Crippen molar-refractivity contribution in [3.63, 3.8) is 0 Å². The molecule has 110 valence electrons. The first kappa shape index (κ1) is 14.8. The summed E-state index contributed by atoms with van der Waals surface area (Å²) in [5, 5.41) is 6.20. The Hall–Kier alpha value is -1.59. The number of nitrogens with one attached hydrogen (secondary N) is 2. The largest absolute Gasteiger partial charge is 0.379 e. The lowest BCUT2D eigenvalue weighted by molar-refractivity contribution is -0.118. The normalized spacial score (nSPS) is 24.9. The second kappa shape index (κ2) is 6.72. The van der Waals surface area contributed by atoms with Crippen LogP contribution < -0.4 is 10.6 Å². The maximum atomic E-state index is 11.1. The molecule has 1 aromatic rings. The summed E-state index contributed by atoms with van der Waals surface area (Å²) in [4.78, 5) is 11.1. The van der Waals surface area contributed by atoms with Crippen molar-refractivity contribution in [2.75, 3.05) is 24.4 Å².